The van der Waals surface area contributed by atoms with E-state index in [1.807, 2.05) is 0 Å². The van der Waals surface area contributed by atoms with Crippen LogP contribution in [0.3, 0.4) is 0 Å². The third-order valence-electron chi connectivity index (χ3n) is 4.35. The van der Waals surface area contributed by atoms with Crippen molar-refractivity contribution in [3.05, 3.63) is 47.1 Å². The van der Waals surface area contributed by atoms with Gasteiger partial charge in [-0.2, -0.15) is 31.3 Å². The molecule has 0 unspecified atom stereocenters. The highest BCUT2D eigenvalue weighted by molar-refractivity contribution is 7.06. The summed E-state index contributed by atoms with van der Waals surface area (Å²) < 4.78 is 87.3. The van der Waals surface area contributed by atoms with Crippen molar-refractivity contribution < 1.29 is 31.1 Å². The van der Waals surface area contributed by atoms with Crippen molar-refractivity contribution in [2.75, 3.05) is 11.9 Å². The molecule has 14 heteroatoms. The van der Waals surface area contributed by atoms with Crippen molar-refractivity contribution in [2.24, 2.45) is 0 Å². The van der Waals surface area contributed by atoms with E-state index in [2.05, 4.69) is 29.9 Å². The highest BCUT2D eigenvalue weighted by atomic mass is 32.1. The summed E-state index contributed by atoms with van der Waals surface area (Å²) in [4.78, 5) is 10.7. The molecule has 1 N–H and O–H groups in total. The van der Waals surface area contributed by atoms with Gasteiger partial charge in [0.2, 0.25) is 11.8 Å². The third kappa shape index (κ3) is 4.65. The molecule has 172 valence electrons. The fourth-order valence-electron chi connectivity index (χ4n) is 2.96. The zero-order valence-corrected chi connectivity index (χ0v) is 17.3. The molecule has 7 nitrogen and oxygen atoms in total. The van der Waals surface area contributed by atoms with E-state index in [4.69, 9.17) is 4.74 Å². The van der Waals surface area contributed by atoms with E-state index in [1.165, 1.54) is 37.4 Å². The van der Waals surface area contributed by atoms with Gasteiger partial charge < -0.3 is 10.1 Å². The predicted molar refractivity (Wildman–Crippen MR) is 107 cm³/mol. The Hall–Kier alpha value is -3.55. The van der Waals surface area contributed by atoms with E-state index >= 15 is 0 Å². The molecule has 3 heterocycles. The molecule has 4 rings (SSSR count). The standard InChI is InChI=1S/C19H12F6N6OS/c1-2-32-16-11(18(20,21)22)8-27-17(29-16)28-12-5-6-26-13-7-9(3-4-10(12)13)14-15(19(23,24)25)33-31-30-14/h3-8H,2H2,1H3,(H,26,27,28,29). The van der Waals surface area contributed by atoms with Gasteiger partial charge in [0, 0.05) is 23.3 Å². The second kappa shape index (κ2) is 8.42. The lowest BCUT2D eigenvalue weighted by atomic mass is 10.1. The smallest absolute Gasteiger partial charge is 0.429 e. The molecule has 0 aliphatic carbocycles. The molecule has 0 aliphatic rings. The van der Waals surface area contributed by atoms with Crippen LogP contribution in [0.4, 0.5) is 38.0 Å². The molecule has 3 aromatic heterocycles. The van der Waals surface area contributed by atoms with Gasteiger partial charge >= 0.3 is 12.4 Å². The number of halogens is 6. The fourth-order valence-corrected chi connectivity index (χ4v) is 3.51. The first kappa shape index (κ1) is 22.6. The van der Waals surface area contributed by atoms with Crippen molar-refractivity contribution >= 4 is 34.1 Å². The second-order valence-electron chi connectivity index (χ2n) is 6.51. The predicted octanol–water partition coefficient (Wildman–Crippen LogP) is 5.72. The Morgan fingerprint density at radius 3 is 2.52 bits per heavy atom. The lowest BCUT2D eigenvalue weighted by Crippen LogP contribution is -2.12. The van der Waals surface area contributed by atoms with Crippen LogP contribution in [0.15, 0.2) is 36.7 Å². The van der Waals surface area contributed by atoms with E-state index in [0.717, 1.165) is 0 Å². The Bertz CT molecular complexity index is 1310. The molecule has 0 fully saturated rings. The second-order valence-corrected chi connectivity index (χ2v) is 7.26. The quantitative estimate of drug-likeness (QED) is 0.361. The van der Waals surface area contributed by atoms with Gasteiger partial charge in [-0.1, -0.05) is 16.6 Å². The largest absolute Gasteiger partial charge is 0.477 e. The number of benzene rings is 1. The number of alkyl halides is 6. The molecule has 0 saturated heterocycles. The first-order valence-corrected chi connectivity index (χ1v) is 9.98. The Kier molecular flexibility index (Phi) is 5.78. The number of aromatic nitrogens is 5. The summed E-state index contributed by atoms with van der Waals surface area (Å²) in [6.45, 7) is 1.48. The molecule has 0 atom stereocenters. The summed E-state index contributed by atoms with van der Waals surface area (Å²) in [6, 6.07) is 5.86. The molecule has 1 aromatic carbocycles. The topological polar surface area (TPSA) is 85.7 Å². The summed E-state index contributed by atoms with van der Waals surface area (Å²) in [6.07, 6.45) is -7.31. The van der Waals surface area contributed by atoms with Crippen LogP contribution < -0.4 is 10.1 Å². The van der Waals surface area contributed by atoms with E-state index in [9.17, 15) is 26.3 Å². The average molecular weight is 486 g/mol. The fraction of sp³-hybridized carbons (Fsp3) is 0.211. The first-order chi connectivity index (χ1) is 15.6. The van der Waals surface area contributed by atoms with Crippen LogP contribution >= 0.6 is 11.5 Å². The molecule has 0 spiro atoms. The van der Waals surface area contributed by atoms with Gasteiger partial charge in [-0.3, -0.25) is 4.98 Å². The molecule has 0 aliphatic heterocycles. The van der Waals surface area contributed by atoms with E-state index in [1.54, 1.807) is 0 Å². The van der Waals surface area contributed by atoms with E-state index in [0.29, 0.717) is 22.8 Å². The van der Waals surface area contributed by atoms with Crippen LogP contribution in [-0.2, 0) is 12.4 Å². The summed E-state index contributed by atoms with van der Waals surface area (Å²) >= 11 is 0.242. The Labute approximate surface area is 185 Å². The molecule has 0 saturated carbocycles. The van der Waals surface area contributed by atoms with Gasteiger partial charge in [0.25, 0.3) is 0 Å². The molecular formula is C19H12F6N6OS. The molecule has 0 bridgehead atoms. The van der Waals surface area contributed by atoms with Gasteiger partial charge in [0.05, 0.1) is 17.8 Å². The van der Waals surface area contributed by atoms with Crippen LogP contribution in [0, 0.1) is 0 Å². The van der Waals surface area contributed by atoms with Gasteiger partial charge in [-0.05, 0) is 30.6 Å². The minimum Gasteiger partial charge on any atom is -0.477 e. The van der Waals surface area contributed by atoms with Crippen LogP contribution in [0.2, 0.25) is 0 Å². The van der Waals surface area contributed by atoms with Crippen LogP contribution in [0.5, 0.6) is 5.88 Å². The van der Waals surface area contributed by atoms with Crippen LogP contribution in [0.25, 0.3) is 22.2 Å². The maximum Gasteiger partial charge on any atom is 0.429 e. The lowest BCUT2D eigenvalue weighted by molar-refractivity contribution is -0.139. The van der Waals surface area contributed by atoms with Crippen molar-refractivity contribution in [2.45, 2.75) is 19.3 Å². The monoisotopic (exact) mass is 486 g/mol. The maximum absolute atomic E-state index is 13.2. The SMILES string of the molecule is CCOc1nc(Nc2ccnc3cc(-c4nnsc4C(F)(F)F)ccc23)ncc1C(F)(F)F. The van der Waals surface area contributed by atoms with Gasteiger partial charge in [-0.15, -0.1) is 5.10 Å². The minimum absolute atomic E-state index is 0.0358. The molecule has 4 aromatic rings. The van der Waals surface area contributed by atoms with Gasteiger partial charge in [0.15, 0.2) is 4.88 Å². The van der Waals surface area contributed by atoms with Crippen molar-refractivity contribution in [1.82, 2.24) is 24.5 Å². The van der Waals surface area contributed by atoms with Gasteiger partial charge in [-0.25, -0.2) is 4.98 Å². The van der Waals surface area contributed by atoms with Gasteiger partial charge in [0.1, 0.15) is 11.3 Å². The average Bonchev–Trinajstić information content (AvgIpc) is 3.24. The zero-order valence-electron chi connectivity index (χ0n) is 16.5. The van der Waals surface area contributed by atoms with Crippen molar-refractivity contribution in [3.63, 3.8) is 0 Å². The number of fused-ring (bicyclic) bond motifs is 1. The number of pyridine rings is 1. The number of hydrogen-bond donors (Lipinski definition) is 1. The summed E-state index contributed by atoms with van der Waals surface area (Å²) in [5, 5.41) is 6.85. The highest BCUT2D eigenvalue weighted by Crippen LogP contribution is 2.39. The number of hydrogen-bond acceptors (Lipinski definition) is 8. The number of nitrogens with one attached hydrogen (secondary N) is 1. The third-order valence-corrected chi connectivity index (χ3v) is 5.12. The molecular weight excluding hydrogens is 474 g/mol. The van der Waals surface area contributed by atoms with E-state index in [-0.39, 0.29) is 35.3 Å². The molecule has 33 heavy (non-hydrogen) atoms. The number of rotatable bonds is 5. The Balaban J connectivity index is 1.71. The highest BCUT2D eigenvalue weighted by Gasteiger charge is 2.38. The first-order valence-electron chi connectivity index (χ1n) is 9.20. The Morgan fingerprint density at radius 1 is 1.03 bits per heavy atom. The number of nitrogens with zero attached hydrogens (tertiary/aromatic N) is 5. The van der Waals surface area contributed by atoms with Crippen molar-refractivity contribution in [3.8, 4) is 17.1 Å². The van der Waals surface area contributed by atoms with E-state index < -0.39 is 28.7 Å². The number of ether oxygens (including phenoxy) is 1. The van der Waals surface area contributed by atoms with Crippen molar-refractivity contribution in [1.29, 1.82) is 0 Å². The minimum atomic E-state index is -4.69. The zero-order chi connectivity index (χ0) is 23.8. The number of anilines is 2. The Morgan fingerprint density at radius 2 is 1.82 bits per heavy atom. The molecule has 0 amide bonds. The summed E-state index contributed by atoms with van der Waals surface area (Å²) in [5.74, 6) is -0.787. The summed E-state index contributed by atoms with van der Waals surface area (Å²) in [5.41, 5.74) is -0.576. The molecule has 0 radical (unpaired) electrons. The van der Waals surface area contributed by atoms with Crippen LogP contribution in [-0.4, -0.2) is 31.1 Å². The normalized spacial score (nSPS) is 12.2. The summed E-state index contributed by atoms with van der Waals surface area (Å²) in [7, 11) is 0. The van der Waals surface area contributed by atoms with Crippen LogP contribution in [0.1, 0.15) is 17.4 Å². The maximum atomic E-state index is 13.2. The lowest BCUT2D eigenvalue weighted by Gasteiger charge is -2.14.